The average molecular weight is 308 g/mol. The van der Waals surface area contributed by atoms with Crippen LogP contribution in [0, 0.1) is 0 Å². The van der Waals surface area contributed by atoms with E-state index in [1.54, 1.807) is 12.0 Å². The summed E-state index contributed by atoms with van der Waals surface area (Å²) >= 11 is 5.51. The Morgan fingerprint density at radius 1 is 1.29 bits per heavy atom. The molecule has 2 N–H and O–H groups in total. The number of thiocarbonyl (C=S) groups is 1. The van der Waals surface area contributed by atoms with Crippen LogP contribution in [0.1, 0.15) is 18.9 Å². The van der Waals surface area contributed by atoms with Crippen LogP contribution in [0.3, 0.4) is 0 Å². The van der Waals surface area contributed by atoms with E-state index in [9.17, 15) is 0 Å². The van der Waals surface area contributed by atoms with Gasteiger partial charge in [0.25, 0.3) is 0 Å². The normalized spacial score (nSPS) is 15.8. The Hall–Kier alpha value is -1.33. The van der Waals surface area contributed by atoms with E-state index in [4.69, 9.17) is 17.0 Å². The number of rotatable bonds is 5. The monoisotopic (exact) mass is 308 g/mol. The smallest absolute Gasteiger partial charge is 0.169 e. The first-order valence-electron chi connectivity index (χ1n) is 7.72. The third kappa shape index (κ3) is 4.86. The van der Waals surface area contributed by atoms with Crippen molar-refractivity contribution in [1.82, 2.24) is 10.2 Å². The third-order valence-corrected chi connectivity index (χ3v) is 4.37. The van der Waals surface area contributed by atoms with Crippen molar-refractivity contribution in [3.8, 4) is 5.75 Å². The summed E-state index contributed by atoms with van der Waals surface area (Å²) in [6.07, 6.45) is 1.26. The zero-order valence-electron chi connectivity index (χ0n) is 13.0. The molecule has 0 spiro atoms. The van der Waals surface area contributed by atoms with Crippen LogP contribution in [-0.4, -0.2) is 49.8 Å². The molecule has 0 saturated carbocycles. The number of hydrogen-bond donors (Lipinski definition) is 2. The van der Waals surface area contributed by atoms with Gasteiger partial charge in [0.05, 0.1) is 39.8 Å². The van der Waals surface area contributed by atoms with Gasteiger partial charge in [0.1, 0.15) is 5.75 Å². The van der Waals surface area contributed by atoms with E-state index in [0.29, 0.717) is 0 Å². The highest BCUT2D eigenvalue weighted by Crippen LogP contribution is 2.11. The molecule has 0 aromatic heterocycles. The summed E-state index contributed by atoms with van der Waals surface area (Å²) in [6, 6.07) is 8.09. The lowest BCUT2D eigenvalue weighted by Crippen LogP contribution is -3.14. The van der Waals surface area contributed by atoms with Crippen LogP contribution in [0.5, 0.6) is 5.75 Å². The highest BCUT2D eigenvalue weighted by Gasteiger charge is 2.20. The van der Waals surface area contributed by atoms with Crippen molar-refractivity contribution < 1.29 is 9.64 Å². The second kappa shape index (κ2) is 8.20. The van der Waals surface area contributed by atoms with Gasteiger partial charge >= 0.3 is 0 Å². The molecule has 5 heteroatoms. The molecule has 0 amide bonds. The Labute approximate surface area is 133 Å². The molecule has 2 rings (SSSR count). The van der Waals surface area contributed by atoms with E-state index >= 15 is 0 Å². The topological polar surface area (TPSA) is 28.9 Å². The van der Waals surface area contributed by atoms with Gasteiger partial charge in [-0.1, -0.05) is 19.1 Å². The zero-order chi connectivity index (χ0) is 15.1. The van der Waals surface area contributed by atoms with Crippen molar-refractivity contribution in [2.45, 2.75) is 19.9 Å². The third-order valence-electron chi connectivity index (χ3n) is 3.96. The summed E-state index contributed by atoms with van der Waals surface area (Å²) in [5, 5.41) is 4.24. The van der Waals surface area contributed by atoms with E-state index in [0.717, 1.165) is 30.5 Å². The molecule has 1 aliphatic rings. The molecule has 0 atom stereocenters. The lowest BCUT2D eigenvalue weighted by atomic mass is 10.2. The molecule has 1 heterocycles. The summed E-state index contributed by atoms with van der Waals surface area (Å²) in [7, 11) is 1.68. The SMILES string of the molecule is CCC[NH+]1CCN(C(=S)NCc2ccc(OC)cc2)CC1. The molecule has 0 bridgehead atoms. The maximum atomic E-state index is 5.51. The zero-order valence-corrected chi connectivity index (χ0v) is 13.8. The molecule has 1 fully saturated rings. The van der Waals surface area contributed by atoms with Crippen LogP contribution >= 0.6 is 12.2 Å². The number of benzene rings is 1. The number of methoxy groups -OCH3 is 1. The standard InChI is InChI=1S/C16H25N3OS/c1-3-8-18-9-11-19(12-10-18)16(21)17-13-14-4-6-15(20-2)7-5-14/h4-7H,3,8-13H2,1-2H3,(H,17,21)/p+1. The maximum Gasteiger partial charge on any atom is 0.169 e. The Kier molecular flexibility index (Phi) is 6.26. The molecule has 1 aliphatic heterocycles. The minimum Gasteiger partial charge on any atom is -0.497 e. The molecule has 0 radical (unpaired) electrons. The van der Waals surface area contributed by atoms with Crippen LogP contribution < -0.4 is 15.0 Å². The minimum absolute atomic E-state index is 0.769. The molecule has 4 nitrogen and oxygen atoms in total. The van der Waals surface area contributed by atoms with Crippen molar-refractivity contribution in [1.29, 1.82) is 0 Å². The summed E-state index contributed by atoms with van der Waals surface area (Å²) in [4.78, 5) is 3.99. The van der Waals surface area contributed by atoms with E-state index in [1.807, 2.05) is 12.1 Å². The molecule has 0 unspecified atom stereocenters. The molecular formula is C16H26N3OS+. The first-order chi connectivity index (χ1) is 10.2. The lowest BCUT2D eigenvalue weighted by molar-refractivity contribution is -0.903. The number of quaternary nitrogens is 1. The fourth-order valence-corrected chi connectivity index (χ4v) is 2.92. The maximum absolute atomic E-state index is 5.51. The van der Waals surface area contributed by atoms with Gasteiger partial charge in [-0.3, -0.25) is 0 Å². The van der Waals surface area contributed by atoms with Crippen molar-refractivity contribution in [3.63, 3.8) is 0 Å². The van der Waals surface area contributed by atoms with Crippen LogP contribution in [0.4, 0.5) is 0 Å². The first kappa shape index (κ1) is 16.0. The predicted molar refractivity (Wildman–Crippen MR) is 89.9 cm³/mol. The van der Waals surface area contributed by atoms with Gasteiger partial charge in [0, 0.05) is 6.54 Å². The average Bonchev–Trinajstić information content (AvgIpc) is 2.54. The van der Waals surface area contributed by atoms with Gasteiger partial charge in [0.2, 0.25) is 0 Å². The van der Waals surface area contributed by atoms with E-state index in [1.165, 1.54) is 31.6 Å². The van der Waals surface area contributed by atoms with E-state index in [-0.39, 0.29) is 0 Å². The largest absolute Gasteiger partial charge is 0.497 e. The molecule has 1 aromatic carbocycles. The molecule has 1 saturated heterocycles. The fourth-order valence-electron chi connectivity index (χ4n) is 2.66. The summed E-state index contributed by atoms with van der Waals surface area (Å²) in [6.45, 7) is 8.80. The molecule has 21 heavy (non-hydrogen) atoms. The Morgan fingerprint density at radius 2 is 1.95 bits per heavy atom. The molecule has 116 valence electrons. The number of piperazine rings is 1. The van der Waals surface area contributed by atoms with Gasteiger partial charge in [-0.05, 0) is 36.3 Å². The van der Waals surface area contributed by atoms with E-state index < -0.39 is 0 Å². The van der Waals surface area contributed by atoms with Crippen LogP contribution in [0.25, 0.3) is 0 Å². The first-order valence-corrected chi connectivity index (χ1v) is 8.13. The Balaban J connectivity index is 1.74. The molecule has 1 aromatic rings. The fraction of sp³-hybridized carbons (Fsp3) is 0.562. The van der Waals surface area contributed by atoms with Crippen LogP contribution in [0.15, 0.2) is 24.3 Å². The number of ether oxygens (including phenoxy) is 1. The lowest BCUT2D eigenvalue weighted by Gasteiger charge is -2.33. The predicted octanol–water partition coefficient (Wildman–Crippen LogP) is 0.680. The van der Waals surface area contributed by atoms with Gasteiger partial charge in [-0.2, -0.15) is 0 Å². The second-order valence-corrected chi connectivity index (χ2v) is 5.88. The highest BCUT2D eigenvalue weighted by molar-refractivity contribution is 7.80. The summed E-state index contributed by atoms with van der Waals surface area (Å²) < 4.78 is 5.16. The Morgan fingerprint density at radius 3 is 2.52 bits per heavy atom. The number of hydrogen-bond acceptors (Lipinski definition) is 2. The second-order valence-electron chi connectivity index (χ2n) is 5.49. The van der Waals surface area contributed by atoms with Gasteiger partial charge in [0.15, 0.2) is 5.11 Å². The van der Waals surface area contributed by atoms with Crippen molar-refractivity contribution in [3.05, 3.63) is 29.8 Å². The van der Waals surface area contributed by atoms with E-state index in [2.05, 4.69) is 29.3 Å². The number of nitrogens with one attached hydrogen (secondary N) is 2. The van der Waals surface area contributed by atoms with Crippen LogP contribution in [-0.2, 0) is 6.54 Å². The van der Waals surface area contributed by atoms with Gasteiger partial charge in [-0.25, -0.2) is 0 Å². The summed E-state index contributed by atoms with van der Waals surface area (Å²) in [5.41, 5.74) is 1.22. The quantitative estimate of drug-likeness (QED) is 0.783. The van der Waals surface area contributed by atoms with Gasteiger partial charge < -0.3 is 19.9 Å². The highest BCUT2D eigenvalue weighted by atomic mass is 32.1. The Bertz CT molecular complexity index is 441. The molecular weight excluding hydrogens is 282 g/mol. The van der Waals surface area contributed by atoms with Crippen molar-refractivity contribution in [2.24, 2.45) is 0 Å². The van der Waals surface area contributed by atoms with Crippen molar-refractivity contribution >= 4 is 17.3 Å². The van der Waals surface area contributed by atoms with Gasteiger partial charge in [-0.15, -0.1) is 0 Å². The van der Waals surface area contributed by atoms with Crippen molar-refractivity contribution in [2.75, 3.05) is 39.8 Å². The van der Waals surface area contributed by atoms with Crippen LogP contribution in [0.2, 0.25) is 0 Å². The summed E-state index contributed by atoms with van der Waals surface area (Å²) in [5.74, 6) is 0.886. The number of nitrogens with zero attached hydrogens (tertiary/aromatic N) is 1. The molecule has 0 aliphatic carbocycles. The minimum atomic E-state index is 0.769.